The highest BCUT2D eigenvalue weighted by Gasteiger charge is 2.13. The number of rotatable bonds is 5. The van der Waals surface area contributed by atoms with Crippen LogP contribution in [0.1, 0.15) is 5.56 Å². The lowest BCUT2D eigenvalue weighted by Crippen LogP contribution is -1.97. The van der Waals surface area contributed by atoms with Crippen molar-refractivity contribution in [3.63, 3.8) is 0 Å². The van der Waals surface area contributed by atoms with Gasteiger partial charge in [-0.3, -0.25) is 0 Å². The van der Waals surface area contributed by atoms with Gasteiger partial charge in [0, 0.05) is 12.1 Å². The van der Waals surface area contributed by atoms with Gasteiger partial charge in [0.25, 0.3) is 0 Å². The first-order chi connectivity index (χ1) is 10.1. The summed E-state index contributed by atoms with van der Waals surface area (Å²) in [6, 6.07) is 7.35. The van der Waals surface area contributed by atoms with E-state index in [1.54, 1.807) is 18.2 Å². The third kappa shape index (κ3) is 3.17. The number of ether oxygens (including phenoxy) is 3. The fourth-order valence-corrected chi connectivity index (χ4v) is 1.82. The number of hydrogen-bond acceptors (Lipinski definition) is 5. The SMILES string of the molecule is COc1cc(Oc2ccc(CO)cc2OC)c(F)cc1N. The summed E-state index contributed by atoms with van der Waals surface area (Å²) in [6.45, 7) is -0.124. The number of nitrogens with two attached hydrogens (primary N) is 1. The molecule has 0 aliphatic rings. The smallest absolute Gasteiger partial charge is 0.169 e. The van der Waals surface area contributed by atoms with Crippen molar-refractivity contribution in [2.45, 2.75) is 6.61 Å². The summed E-state index contributed by atoms with van der Waals surface area (Å²) in [5.74, 6) is 0.382. The first-order valence-corrected chi connectivity index (χ1v) is 6.17. The second-order valence-electron chi connectivity index (χ2n) is 4.27. The maximum absolute atomic E-state index is 13.9. The Morgan fingerprint density at radius 1 is 1.00 bits per heavy atom. The second kappa shape index (κ2) is 6.32. The molecule has 0 unspecified atom stereocenters. The summed E-state index contributed by atoms with van der Waals surface area (Å²) in [5.41, 5.74) is 6.46. The molecule has 0 aromatic heterocycles. The Bertz CT molecular complexity index is 646. The molecular formula is C15H16FNO4. The van der Waals surface area contributed by atoms with Crippen molar-refractivity contribution in [2.24, 2.45) is 0 Å². The van der Waals surface area contributed by atoms with Gasteiger partial charge in [-0.15, -0.1) is 0 Å². The lowest BCUT2D eigenvalue weighted by atomic mass is 10.2. The number of nitrogen functional groups attached to an aromatic ring is 1. The van der Waals surface area contributed by atoms with E-state index in [2.05, 4.69) is 0 Å². The summed E-state index contributed by atoms with van der Waals surface area (Å²) < 4.78 is 29.6. The molecule has 5 nitrogen and oxygen atoms in total. The van der Waals surface area contributed by atoms with E-state index in [-0.39, 0.29) is 18.0 Å². The number of hydrogen-bond donors (Lipinski definition) is 2. The van der Waals surface area contributed by atoms with Crippen molar-refractivity contribution < 1.29 is 23.7 Å². The molecule has 0 saturated heterocycles. The molecule has 112 valence electrons. The maximum atomic E-state index is 13.9. The fourth-order valence-electron chi connectivity index (χ4n) is 1.82. The minimum absolute atomic E-state index is 0.0314. The molecule has 0 amide bonds. The van der Waals surface area contributed by atoms with Crippen molar-refractivity contribution in [3.05, 3.63) is 41.7 Å². The summed E-state index contributed by atoms with van der Waals surface area (Å²) in [6.07, 6.45) is 0. The Hall–Kier alpha value is -2.47. The van der Waals surface area contributed by atoms with Gasteiger partial charge in [0.2, 0.25) is 0 Å². The predicted molar refractivity (Wildman–Crippen MR) is 76.4 cm³/mol. The van der Waals surface area contributed by atoms with E-state index in [1.165, 1.54) is 20.3 Å². The molecule has 2 aromatic rings. The van der Waals surface area contributed by atoms with Gasteiger partial charge in [0.05, 0.1) is 26.5 Å². The second-order valence-corrected chi connectivity index (χ2v) is 4.27. The quantitative estimate of drug-likeness (QED) is 0.829. The zero-order valence-corrected chi connectivity index (χ0v) is 11.7. The van der Waals surface area contributed by atoms with Crippen LogP contribution in [0.5, 0.6) is 23.0 Å². The number of aliphatic hydroxyl groups excluding tert-OH is 1. The van der Waals surface area contributed by atoms with E-state index in [9.17, 15) is 4.39 Å². The van der Waals surface area contributed by atoms with Crippen LogP contribution >= 0.6 is 0 Å². The molecule has 0 radical (unpaired) electrons. The summed E-state index contributed by atoms with van der Waals surface area (Å²) in [5, 5.41) is 9.09. The molecule has 0 atom stereocenters. The van der Waals surface area contributed by atoms with Crippen molar-refractivity contribution >= 4 is 5.69 Å². The van der Waals surface area contributed by atoms with E-state index < -0.39 is 5.82 Å². The lowest BCUT2D eigenvalue weighted by molar-refractivity contribution is 0.280. The fraction of sp³-hybridized carbons (Fsp3) is 0.200. The number of halogens is 1. The van der Waals surface area contributed by atoms with Gasteiger partial charge in [-0.25, -0.2) is 4.39 Å². The molecule has 3 N–H and O–H groups in total. The van der Waals surface area contributed by atoms with Crippen LogP contribution in [0.2, 0.25) is 0 Å². The van der Waals surface area contributed by atoms with Gasteiger partial charge in [0.15, 0.2) is 23.1 Å². The average Bonchev–Trinajstić information content (AvgIpc) is 2.50. The zero-order valence-electron chi connectivity index (χ0n) is 11.7. The molecule has 0 saturated carbocycles. The van der Waals surface area contributed by atoms with Crippen molar-refractivity contribution in [1.29, 1.82) is 0 Å². The van der Waals surface area contributed by atoms with E-state index in [4.69, 9.17) is 25.1 Å². The molecule has 2 aromatic carbocycles. The van der Waals surface area contributed by atoms with Gasteiger partial charge in [-0.1, -0.05) is 6.07 Å². The average molecular weight is 293 g/mol. The minimum Gasteiger partial charge on any atom is -0.494 e. The Kier molecular flexibility index (Phi) is 4.49. The van der Waals surface area contributed by atoms with Gasteiger partial charge >= 0.3 is 0 Å². The van der Waals surface area contributed by atoms with Crippen molar-refractivity contribution in [2.75, 3.05) is 20.0 Å². The van der Waals surface area contributed by atoms with E-state index in [1.807, 2.05) is 0 Å². The molecule has 0 heterocycles. The number of methoxy groups -OCH3 is 2. The molecule has 0 aliphatic heterocycles. The summed E-state index contributed by atoms with van der Waals surface area (Å²) >= 11 is 0. The van der Waals surface area contributed by atoms with Crippen molar-refractivity contribution in [1.82, 2.24) is 0 Å². The monoisotopic (exact) mass is 293 g/mol. The number of aliphatic hydroxyl groups is 1. The third-order valence-electron chi connectivity index (χ3n) is 2.91. The molecule has 0 fully saturated rings. The van der Waals surface area contributed by atoms with E-state index in [0.717, 1.165) is 6.07 Å². The Labute approximate surface area is 121 Å². The van der Waals surface area contributed by atoms with Crippen LogP contribution in [0.25, 0.3) is 0 Å². The third-order valence-corrected chi connectivity index (χ3v) is 2.91. The van der Waals surface area contributed by atoms with E-state index >= 15 is 0 Å². The van der Waals surface area contributed by atoms with Crippen LogP contribution in [-0.2, 0) is 6.61 Å². The topological polar surface area (TPSA) is 73.9 Å². The standard InChI is InChI=1S/C15H16FNO4/c1-19-14-7-13(10(16)6-11(14)17)21-12-4-3-9(8-18)5-15(12)20-2/h3-7,18H,8,17H2,1-2H3. The molecule has 0 spiro atoms. The molecule has 6 heteroatoms. The zero-order chi connectivity index (χ0) is 15.4. The van der Waals surface area contributed by atoms with Crippen molar-refractivity contribution in [3.8, 4) is 23.0 Å². The van der Waals surface area contributed by atoms with Crippen LogP contribution in [0.4, 0.5) is 10.1 Å². The Morgan fingerprint density at radius 2 is 1.71 bits per heavy atom. The highest BCUT2D eigenvalue weighted by atomic mass is 19.1. The molecule has 0 bridgehead atoms. The van der Waals surface area contributed by atoms with Crippen LogP contribution in [-0.4, -0.2) is 19.3 Å². The normalized spacial score (nSPS) is 10.3. The highest BCUT2D eigenvalue weighted by molar-refractivity contribution is 5.57. The van der Waals surface area contributed by atoms with Gasteiger partial charge < -0.3 is 25.1 Å². The van der Waals surface area contributed by atoms with Gasteiger partial charge in [0.1, 0.15) is 5.75 Å². The minimum atomic E-state index is -0.610. The molecule has 21 heavy (non-hydrogen) atoms. The largest absolute Gasteiger partial charge is 0.494 e. The number of anilines is 1. The molecule has 2 rings (SSSR count). The highest BCUT2D eigenvalue weighted by Crippen LogP contribution is 2.36. The van der Waals surface area contributed by atoms with Crippen LogP contribution in [0.3, 0.4) is 0 Å². The van der Waals surface area contributed by atoms with Crippen LogP contribution < -0.4 is 19.9 Å². The van der Waals surface area contributed by atoms with Crippen LogP contribution in [0.15, 0.2) is 30.3 Å². The first kappa shape index (κ1) is 14.9. The summed E-state index contributed by atoms with van der Waals surface area (Å²) in [7, 11) is 2.90. The Balaban J connectivity index is 2.38. The van der Waals surface area contributed by atoms with Gasteiger partial charge in [-0.05, 0) is 17.7 Å². The predicted octanol–water partition coefficient (Wildman–Crippen LogP) is 2.71. The Morgan fingerprint density at radius 3 is 2.33 bits per heavy atom. The van der Waals surface area contributed by atoms with E-state index in [0.29, 0.717) is 22.8 Å². The number of benzene rings is 2. The molecule has 0 aliphatic carbocycles. The summed E-state index contributed by atoms with van der Waals surface area (Å²) in [4.78, 5) is 0. The maximum Gasteiger partial charge on any atom is 0.169 e. The molecular weight excluding hydrogens is 277 g/mol. The van der Waals surface area contributed by atoms with Gasteiger partial charge in [-0.2, -0.15) is 0 Å². The van der Waals surface area contributed by atoms with Crippen LogP contribution in [0, 0.1) is 5.82 Å². The lowest BCUT2D eigenvalue weighted by Gasteiger charge is -2.13. The first-order valence-electron chi connectivity index (χ1n) is 6.17.